The Morgan fingerprint density at radius 3 is 2.62 bits per heavy atom. The van der Waals surface area contributed by atoms with Gasteiger partial charge in [0.2, 0.25) is 0 Å². The zero-order valence-electron chi connectivity index (χ0n) is 13.9. The monoisotopic (exact) mass is 324 g/mol. The molecule has 1 heterocycles. The highest BCUT2D eigenvalue weighted by molar-refractivity contribution is 5.77. The number of aromatic nitrogens is 1. The van der Waals surface area contributed by atoms with Crippen LogP contribution in [0.25, 0.3) is 0 Å². The summed E-state index contributed by atoms with van der Waals surface area (Å²) in [4.78, 5) is 15.9. The van der Waals surface area contributed by atoms with Crippen LogP contribution in [0.3, 0.4) is 0 Å². The molecule has 0 bridgehead atoms. The van der Waals surface area contributed by atoms with Crippen LogP contribution in [-0.4, -0.2) is 17.5 Å². The van der Waals surface area contributed by atoms with Crippen LogP contribution < -0.4 is 10.1 Å². The summed E-state index contributed by atoms with van der Waals surface area (Å²) < 4.78 is 5.57. The van der Waals surface area contributed by atoms with Crippen molar-refractivity contribution in [1.82, 2.24) is 10.3 Å². The molecule has 0 atom stereocenters. The van der Waals surface area contributed by atoms with E-state index in [1.807, 2.05) is 24.3 Å². The molecule has 4 heteroatoms. The number of nitrogens with one attached hydrogen (secondary N) is 1. The van der Waals surface area contributed by atoms with E-state index in [-0.39, 0.29) is 12.5 Å². The van der Waals surface area contributed by atoms with Gasteiger partial charge >= 0.3 is 0 Å². The first-order chi connectivity index (χ1) is 11.8. The zero-order valence-corrected chi connectivity index (χ0v) is 13.9. The number of hydrogen-bond donors (Lipinski definition) is 1. The molecule has 126 valence electrons. The lowest BCUT2D eigenvalue weighted by Gasteiger charge is -2.22. The van der Waals surface area contributed by atoms with Crippen molar-refractivity contribution >= 4 is 5.91 Å². The van der Waals surface area contributed by atoms with Crippen LogP contribution in [-0.2, 0) is 11.3 Å². The first-order valence-electron chi connectivity index (χ1n) is 8.69. The summed E-state index contributed by atoms with van der Waals surface area (Å²) in [7, 11) is 0. The third-order valence-electron chi connectivity index (χ3n) is 4.54. The molecule has 0 aliphatic heterocycles. The fraction of sp³-hybridized carbons (Fsp3) is 0.400. The SMILES string of the molecule is O=C(COc1ccc(C2CCCCC2)cc1)NCc1cccnc1. The Kier molecular flexibility index (Phi) is 5.83. The van der Waals surface area contributed by atoms with E-state index in [9.17, 15) is 4.79 Å². The highest BCUT2D eigenvalue weighted by Crippen LogP contribution is 2.33. The average Bonchev–Trinajstić information content (AvgIpc) is 2.67. The summed E-state index contributed by atoms with van der Waals surface area (Å²) in [5.74, 6) is 1.30. The van der Waals surface area contributed by atoms with Crippen LogP contribution in [0.2, 0.25) is 0 Å². The predicted octanol–water partition coefficient (Wildman–Crippen LogP) is 3.82. The van der Waals surface area contributed by atoms with Gasteiger partial charge in [-0.2, -0.15) is 0 Å². The predicted molar refractivity (Wildman–Crippen MR) is 93.8 cm³/mol. The molecular formula is C20H24N2O2. The van der Waals surface area contributed by atoms with Crippen molar-refractivity contribution < 1.29 is 9.53 Å². The Hall–Kier alpha value is -2.36. The van der Waals surface area contributed by atoms with Gasteiger partial charge in [-0.25, -0.2) is 0 Å². The molecule has 24 heavy (non-hydrogen) atoms. The van der Waals surface area contributed by atoms with Crippen molar-refractivity contribution in [2.75, 3.05) is 6.61 Å². The summed E-state index contributed by atoms with van der Waals surface area (Å²) in [5.41, 5.74) is 2.37. The summed E-state index contributed by atoms with van der Waals surface area (Å²) >= 11 is 0. The smallest absolute Gasteiger partial charge is 0.258 e. The standard InChI is InChI=1S/C20H24N2O2/c23-20(22-14-16-5-4-12-21-13-16)15-24-19-10-8-18(9-11-19)17-6-2-1-3-7-17/h4-5,8-13,17H,1-3,6-7,14-15H2,(H,22,23). The second-order valence-electron chi connectivity index (χ2n) is 6.33. The Bertz CT molecular complexity index is 634. The summed E-state index contributed by atoms with van der Waals surface area (Å²) in [5, 5.41) is 2.83. The maximum absolute atomic E-state index is 11.8. The zero-order chi connectivity index (χ0) is 16.6. The van der Waals surface area contributed by atoms with Gasteiger partial charge in [0, 0.05) is 18.9 Å². The highest BCUT2D eigenvalue weighted by Gasteiger charge is 2.15. The number of nitrogens with zero attached hydrogens (tertiary/aromatic N) is 1. The molecule has 0 spiro atoms. The van der Waals surface area contributed by atoms with Gasteiger partial charge in [-0.3, -0.25) is 9.78 Å². The van der Waals surface area contributed by atoms with Gasteiger partial charge in [-0.05, 0) is 48.1 Å². The summed E-state index contributed by atoms with van der Waals surface area (Å²) in [6.45, 7) is 0.500. The molecule has 1 N–H and O–H groups in total. The average molecular weight is 324 g/mol. The van der Waals surface area contributed by atoms with Crippen LogP contribution in [0.1, 0.15) is 49.1 Å². The number of rotatable bonds is 6. The molecular weight excluding hydrogens is 300 g/mol. The van der Waals surface area contributed by atoms with Crippen molar-refractivity contribution in [3.05, 3.63) is 59.9 Å². The summed E-state index contributed by atoms with van der Waals surface area (Å²) in [6.07, 6.45) is 10.1. The molecule has 1 aliphatic carbocycles. The topological polar surface area (TPSA) is 51.2 Å². The lowest BCUT2D eigenvalue weighted by molar-refractivity contribution is -0.123. The van der Waals surface area contributed by atoms with E-state index in [1.165, 1.54) is 37.7 Å². The van der Waals surface area contributed by atoms with Gasteiger partial charge in [0.05, 0.1) is 0 Å². The molecule has 4 nitrogen and oxygen atoms in total. The number of hydrogen-bond acceptors (Lipinski definition) is 3. The van der Waals surface area contributed by atoms with Crippen molar-refractivity contribution in [2.24, 2.45) is 0 Å². The maximum Gasteiger partial charge on any atom is 0.258 e. The van der Waals surface area contributed by atoms with E-state index < -0.39 is 0 Å². The van der Waals surface area contributed by atoms with E-state index in [0.717, 1.165) is 11.3 Å². The lowest BCUT2D eigenvalue weighted by Crippen LogP contribution is -2.28. The third kappa shape index (κ3) is 4.82. The van der Waals surface area contributed by atoms with Crippen LogP contribution in [0, 0.1) is 0 Å². The molecule has 2 aromatic rings. The van der Waals surface area contributed by atoms with Gasteiger partial charge in [0.25, 0.3) is 5.91 Å². The molecule has 1 aromatic heterocycles. The Morgan fingerprint density at radius 2 is 1.92 bits per heavy atom. The first-order valence-corrected chi connectivity index (χ1v) is 8.69. The number of benzene rings is 1. The van der Waals surface area contributed by atoms with Gasteiger partial charge in [0.15, 0.2) is 6.61 Å². The highest BCUT2D eigenvalue weighted by atomic mass is 16.5. The van der Waals surface area contributed by atoms with Crippen molar-refractivity contribution in [1.29, 1.82) is 0 Å². The van der Waals surface area contributed by atoms with Crippen molar-refractivity contribution in [3.8, 4) is 5.75 Å². The first kappa shape index (κ1) is 16.5. The van der Waals surface area contributed by atoms with E-state index in [2.05, 4.69) is 22.4 Å². The van der Waals surface area contributed by atoms with E-state index in [1.54, 1.807) is 12.4 Å². The molecule has 1 saturated carbocycles. The third-order valence-corrected chi connectivity index (χ3v) is 4.54. The van der Waals surface area contributed by atoms with Crippen LogP contribution in [0.15, 0.2) is 48.8 Å². The Labute approximate surface area is 143 Å². The lowest BCUT2D eigenvalue weighted by atomic mass is 9.84. The van der Waals surface area contributed by atoms with Crippen molar-refractivity contribution in [3.63, 3.8) is 0 Å². The Morgan fingerprint density at radius 1 is 1.12 bits per heavy atom. The number of pyridine rings is 1. The van der Waals surface area contributed by atoms with Crippen molar-refractivity contribution in [2.45, 2.75) is 44.6 Å². The van der Waals surface area contributed by atoms with Gasteiger partial charge in [0.1, 0.15) is 5.75 Å². The van der Waals surface area contributed by atoms with Gasteiger partial charge in [-0.1, -0.05) is 37.5 Å². The molecule has 1 aromatic carbocycles. The fourth-order valence-corrected chi connectivity index (χ4v) is 3.18. The maximum atomic E-state index is 11.8. The van der Waals surface area contributed by atoms with E-state index in [4.69, 9.17) is 4.74 Å². The van der Waals surface area contributed by atoms with Crippen LogP contribution in [0.5, 0.6) is 5.75 Å². The van der Waals surface area contributed by atoms with Gasteiger partial charge in [-0.15, -0.1) is 0 Å². The molecule has 0 saturated heterocycles. The molecule has 0 unspecified atom stereocenters. The quantitative estimate of drug-likeness (QED) is 0.879. The van der Waals surface area contributed by atoms with E-state index in [0.29, 0.717) is 12.5 Å². The van der Waals surface area contributed by atoms with Gasteiger partial charge < -0.3 is 10.1 Å². The Balaban J connectivity index is 1.43. The molecule has 0 radical (unpaired) electrons. The normalized spacial score (nSPS) is 15.0. The molecule has 3 rings (SSSR count). The summed E-state index contributed by atoms with van der Waals surface area (Å²) in [6, 6.07) is 12.0. The molecule has 1 aliphatic rings. The minimum atomic E-state index is -0.129. The van der Waals surface area contributed by atoms with Crippen LogP contribution in [0.4, 0.5) is 0 Å². The second-order valence-corrected chi connectivity index (χ2v) is 6.33. The molecule has 1 fully saturated rings. The molecule has 1 amide bonds. The minimum absolute atomic E-state index is 0.0308. The van der Waals surface area contributed by atoms with E-state index >= 15 is 0 Å². The van der Waals surface area contributed by atoms with Crippen LogP contribution >= 0.6 is 0 Å². The number of amides is 1. The fourth-order valence-electron chi connectivity index (χ4n) is 3.18. The number of carbonyl (C=O) groups excluding carboxylic acids is 1. The second kappa shape index (κ2) is 8.48. The minimum Gasteiger partial charge on any atom is -0.484 e. The largest absolute Gasteiger partial charge is 0.484 e. The number of ether oxygens (including phenoxy) is 1. The number of carbonyl (C=O) groups is 1.